The van der Waals surface area contributed by atoms with E-state index in [9.17, 15) is 9.59 Å². The van der Waals surface area contributed by atoms with Gasteiger partial charge in [-0.1, -0.05) is 19.8 Å². The second kappa shape index (κ2) is 8.91. The highest BCUT2D eigenvalue weighted by molar-refractivity contribution is 5.83. The summed E-state index contributed by atoms with van der Waals surface area (Å²) in [4.78, 5) is 23.2. The molecule has 2 amide bonds. The fraction of sp³-hybridized carbons (Fsp3) is 0.857. The molecule has 1 aliphatic rings. The molecular formula is C14H27N3O2. The largest absolute Gasteiger partial charge is 0.356 e. The van der Waals surface area contributed by atoms with Crippen LogP contribution in [0.15, 0.2) is 0 Å². The standard InChI is InChI=1S/C14H27N3O2/c1-2-9-16-13(18)7-8-14(19)17-12-6-4-3-5-11(12)10-15/h11-12H,2-10,15H2,1H3,(H,16,18)(H,17,19). The lowest BCUT2D eigenvalue weighted by molar-refractivity contribution is -0.127. The molecule has 5 nitrogen and oxygen atoms in total. The van der Waals surface area contributed by atoms with Crippen molar-refractivity contribution in [1.29, 1.82) is 0 Å². The summed E-state index contributed by atoms with van der Waals surface area (Å²) < 4.78 is 0. The van der Waals surface area contributed by atoms with Crippen LogP contribution in [-0.2, 0) is 9.59 Å². The lowest BCUT2D eigenvalue weighted by Gasteiger charge is -2.31. The summed E-state index contributed by atoms with van der Waals surface area (Å²) in [5.41, 5.74) is 5.73. The maximum absolute atomic E-state index is 11.8. The van der Waals surface area contributed by atoms with E-state index in [4.69, 9.17) is 5.73 Å². The van der Waals surface area contributed by atoms with Crippen molar-refractivity contribution in [2.24, 2.45) is 11.7 Å². The van der Waals surface area contributed by atoms with Crippen LogP contribution in [-0.4, -0.2) is 30.9 Å². The van der Waals surface area contributed by atoms with E-state index in [0.29, 0.717) is 19.0 Å². The average Bonchev–Trinajstić information content (AvgIpc) is 2.43. The van der Waals surface area contributed by atoms with E-state index in [1.807, 2.05) is 6.92 Å². The summed E-state index contributed by atoms with van der Waals surface area (Å²) >= 11 is 0. The van der Waals surface area contributed by atoms with Crippen molar-refractivity contribution in [2.45, 2.75) is 57.9 Å². The molecule has 5 heteroatoms. The van der Waals surface area contributed by atoms with E-state index in [2.05, 4.69) is 10.6 Å². The molecule has 0 aliphatic heterocycles. The monoisotopic (exact) mass is 269 g/mol. The van der Waals surface area contributed by atoms with Crippen LogP contribution in [0.4, 0.5) is 0 Å². The molecule has 2 unspecified atom stereocenters. The zero-order valence-corrected chi connectivity index (χ0v) is 11.9. The molecule has 0 bridgehead atoms. The summed E-state index contributed by atoms with van der Waals surface area (Å²) in [6.45, 7) is 3.31. The van der Waals surface area contributed by atoms with Gasteiger partial charge in [-0.25, -0.2) is 0 Å². The van der Waals surface area contributed by atoms with Crippen molar-refractivity contribution in [3.05, 3.63) is 0 Å². The predicted octanol–water partition coefficient (Wildman–Crippen LogP) is 0.927. The fourth-order valence-corrected chi connectivity index (χ4v) is 2.54. The number of hydrogen-bond donors (Lipinski definition) is 3. The first-order chi connectivity index (χ1) is 9.17. The van der Waals surface area contributed by atoms with Crippen molar-refractivity contribution in [2.75, 3.05) is 13.1 Å². The molecule has 1 rings (SSSR count). The predicted molar refractivity (Wildman–Crippen MR) is 75.5 cm³/mol. The zero-order valence-electron chi connectivity index (χ0n) is 11.9. The molecule has 0 spiro atoms. The minimum absolute atomic E-state index is 0.0306. The Morgan fingerprint density at radius 3 is 2.53 bits per heavy atom. The van der Waals surface area contributed by atoms with Crippen LogP contribution in [0.5, 0.6) is 0 Å². The second-order valence-corrected chi connectivity index (χ2v) is 5.30. The normalized spacial score (nSPS) is 22.8. The van der Waals surface area contributed by atoms with Gasteiger partial charge in [0.1, 0.15) is 0 Å². The number of rotatable bonds is 7. The number of carbonyl (C=O) groups is 2. The Labute approximate surface area is 115 Å². The molecule has 1 aliphatic carbocycles. The lowest BCUT2D eigenvalue weighted by atomic mass is 9.84. The van der Waals surface area contributed by atoms with Crippen LogP contribution in [0.25, 0.3) is 0 Å². The first kappa shape index (κ1) is 16.0. The number of amides is 2. The number of nitrogens with one attached hydrogen (secondary N) is 2. The van der Waals surface area contributed by atoms with E-state index < -0.39 is 0 Å². The lowest BCUT2D eigenvalue weighted by Crippen LogP contribution is -2.44. The molecule has 2 atom stereocenters. The summed E-state index contributed by atoms with van der Waals surface area (Å²) in [6, 6.07) is 0.199. The van der Waals surface area contributed by atoms with Gasteiger partial charge >= 0.3 is 0 Å². The fourth-order valence-electron chi connectivity index (χ4n) is 2.54. The van der Waals surface area contributed by atoms with Crippen molar-refractivity contribution in [3.63, 3.8) is 0 Å². The van der Waals surface area contributed by atoms with Gasteiger partial charge in [0.25, 0.3) is 0 Å². The molecule has 0 heterocycles. The molecule has 110 valence electrons. The number of hydrogen-bond acceptors (Lipinski definition) is 3. The van der Waals surface area contributed by atoms with E-state index in [0.717, 1.165) is 25.7 Å². The second-order valence-electron chi connectivity index (χ2n) is 5.30. The summed E-state index contributed by atoms with van der Waals surface area (Å²) in [5.74, 6) is 0.319. The molecule has 1 fully saturated rings. The summed E-state index contributed by atoms with van der Waals surface area (Å²) in [5, 5.41) is 5.80. The molecule has 0 aromatic heterocycles. The highest BCUT2D eigenvalue weighted by atomic mass is 16.2. The highest BCUT2D eigenvalue weighted by Gasteiger charge is 2.25. The SMILES string of the molecule is CCCNC(=O)CCC(=O)NC1CCCCC1CN. The molecule has 0 aromatic carbocycles. The Morgan fingerprint density at radius 1 is 1.16 bits per heavy atom. The van der Waals surface area contributed by atoms with Gasteiger partial charge < -0.3 is 16.4 Å². The van der Waals surface area contributed by atoms with Crippen LogP contribution in [0.2, 0.25) is 0 Å². The Balaban J connectivity index is 2.24. The highest BCUT2D eigenvalue weighted by Crippen LogP contribution is 2.23. The van der Waals surface area contributed by atoms with Gasteiger partial charge in [-0.2, -0.15) is 0 Å². The third-order valence-corrected chi connectivity index (χ3v) is 3.71. The third-order valence-electron chi connectivity index (χ3n) is 3.71. The minimum atomic E-state index is -0.0454. The van der Waals surface area contributed by atoms with Gasteiger partial charge in [-0.05, 0) is 31.7 Å². The molecule has 0 saturated heterocycles. The van der Waals surface area contributed by atoms with E-state index in [-0.39, 0.29) is 30.7 Å². The molecule has 0 aromatic rings. The Hall–Kier alpha value is -1.10. The van der Waals surface area contributed by atoms with E-state index in [1.54, 1.807) is 0 Å². The number of nitrogens with two attached hydrogens (primary N) is 1. The molecule has 1 saturated carbocycles. The van der Waals surface area contributed by atoms with Crippen LogP contribution < -0.4 is 16.4 Å². The topological polar surface area (TPSA) is 84.2 Å². The van der Waals surface area contributed by atoms with E-state index >= 15 is 0 Å². The van der Waals surface area contributed by atoms with Crippen LogP contribution in [0, 0.1) is 5.92 Å². The van der Waals surface area contributed by atoms with Crippen molar-refractivity contribution in [1.82, 2.24) is 10.6 Å². The summed E-state index contributed by atoms with van der Waals surface area (Å²) in [6.07, 6.45) is 5.91. The Morgan fingerprint density at radius 2 is 1.84 bits per heavy atom. The van der Waals surface area contributed by atoms with Crippen LogP contribution in [0.3, 0.4) is 0 Å². The Bertz CT molecular complexity index is 294. The number of carbonyl (C=O) groups excluding carboxylic acids is 2. The van der Waals surface area contributed by atoms with Crippen LogP contribution >= 0.6 is 0 Å². The van der Waals surface area contributed by atoms with Crippen molar-refractivity contribution in [3.8, 4) is 0 Å². The van der Waals surface area contributed by atoms with Gasteiger partial charge in [0, 0.05) is 25.4 Å². The van der Waals surface area contributed by atoms with Gasteiger partial charge in [0.05, 0.1) is 0 Å². The smallest absolute Gasteiger partial charge is 0.220 e. The molecule has 0 radical (unpaired) electrons. The first-order valence-corrected chi connectivity index (χ1v) is 7.43. The van der Waals surface area contributed by atoms with Gasteiger partial charge in [0.15, 0.2) is 0 Å². The zero-order chi connectivity index (χ0) is 14.1. The van der Waals surface area contributed by atoms with Crippen molar-refractivity contribution >= 4 is 11.8 Å². The average molecular weight is 269 g/mol. The maximum Gasteiger partial charge on any atom is 0.220 e. The van der Waals surface area contributed by atoms with E-state index in [1.165, 1.54) is 6.42 Å². The molecule has 4 N–H and O–H groups in total. The Kier molecular flexibility index (Phi) is 7.48. The van der Waals surface area contributed by atoms with Crippen LogP contribution in [0.1, 0.15) is 51.9 Å². The quantitative estimate of drug-likeness (QED) is 0.643. The maximum atomic E-state index is 11.8. The summed E-state index contributed by atoms with van der Waals surface area (Å²) in [7, 11) is 0. The molecular weight excluding hydrogens is 242 g/mol. The van der Waals surface area contributed by atoms with Gasteiger partial charge in [0.2, 0.25) is 11.8 Å². The third kappa shape index (κ3) is 6.05. The van der Waals surface area contributed by atoms with Crippen molar-refractivity contribution < 1.29 is 9.59 Å². The van der Waals surface area contributed by atoms with Gasteiger partial charge in [-0.15, -0.1) is 0 Å². The molecule has 19 heavy (non-hydrogen) atoms. The minimum Gasteiger partial charge on any atom is -0.356 e. The first-order valence-electron chi connectivity index (χ1n) is 7.43. The van der Waals surface area contributed by atoms with Gasteiger partial charge in [-0.3, -0.25) is 9.59 Å².